The second kappa shape index (κ2) is 13.6. The average Bonchev–Trinajstić information content (AvgIpc) is 3.30. The van der Waals surface area contributed by atoms with E-state index in [1.165, 1.54) is 24.3 Å². The molecule has 1 heterocycles. The quantitative estimate of drug-likeness (QED) is 0.184. The summed E-state index contributed by atoms with van der Waals surface area (Å²) in [6.45, 7) is 3.77. The SMILES string of the molecule is COCCNC(=O)c1ccc2c(c1OC)=CN(CC1CCC(=CC(=O)c3ccc(SC(F)(F)F)cc3)C1)C(C)CC=2. The molecule has 1 fully saturated rings. The summed E-state index contributed by atoms with van der Waals surface area (Å²) in [7, 11) is 3.15. The van der Waals surface area contributed by atoms with Gasteiger partial charge < -0.3 is 19.7 Å². The number of thioether (sulfide) groups is 1. The number of carbonyl (C=O) groups excluding carboxylic acids is 2. The molecule has 0 saturated heterocycles. The third-order valence-electron chi connectivity index (χ3n) is 7.41. The van der Waals surface area contributed by atoms with E-state index in [1.54, 1.807) is 26.4 Å². The second-order valence-electron chi connectivity index (χ2n) is 10.4. The largest absolute Gasteiger partial charge is 0.495 e. The Bertz CT molecular complexity index is 1410. The topological polar surface area (TPSA) is 67.9 Å². The fourth-order valence-electron chi connectivity index (χ4n) is 5.28. The minimum Gasteiger partial charge on any atom is -0.495 e. The Balaban J connectivity index is 1.47. The molecular weight excluding hydrogens is 553 g/mol. The molecule has 41 heavy (non-hydrogen) atoms. The Morgan fingerprint density at radius 1 is 1.15 bits per heavy atom. The van der Waals surface area contributed by atoms with Crippen molar-refractivity contribution in [3.8, 4) is 5.75 Å². The molecule has 1 aliphatic heterocycles. The third kappa shape index (κ3) is 8.16. The van der Waals surface area contributed by atoms with Gasteiger partial charge in [-0.1, -0.05) is 17.7 Å². The summed E-state index contributed by atoms with van der Waals surface area (Å²) < 4.78 is 48.5. The lowest BCUT2D eigenvalue weighted by molar-refractivity contribution is -0.0328. The van der Waals surface area contributed by atoms with Crippen LogP contribution in [0.2, 0.25) is 0 Å². The average molecular weight is 589 g/mol. The Labute approximate surface area is 242 Å². The van der Waals surface area contributed by atoms with Crippen LogP contribution in [0.15, 0.2) is 52.9 Å². The lowest BCUT2D eigenvalue weighted by Crippen LogP contribution is -2.36. The van der Waals surface area contributed by atoms with Gasteiger partial charge in [0.15, 0.2) is 5.78 Å². The van der Waals surface area contributed by atoms with Gasteiger partial charge in [0, 0.05) is 48.1 Å². The number of hydrogen-bond acceptors (Lipinski definition) is 6. The minimum atomic E-state index is -4.36. The molecule has 2 aromatic rings. The molecule has 10 heteroatoms. The number of hydrogen-bond donors (Lipinski definition) is 1. The monoisotopic (exact) mass is 588 g/mol. The molecule has 2 atom stereocenters. The first-order valence-corrected chi connectivity index (χ1v) is 14.4. The molecule has 1 aliphatic carbocycles. The second-order valence-corrected chi connectivity index (χ2v) is 11.5. The van der Waals surface area contributed by atoms with Crippen LogP contribution in [-0.4, -0.2) is 62.1 Å². The number of fused-ring (bicyclic) bond motifs is 1. The van der Waals surface area contributed by atoms with Crippen LogP contribution in [0, 0.1) is 5.92 Å². The van der Waals surface area contributed by atoms with Gasteiger partial charge in [0.2, 0.25) is 0 Å². The predicted molar refractivity (Wildman–Crippen MR) is 154 cm³/mol. The van der Waals surface area contributed by atoms with Crippen LogP contribution in [0.3, 0.4) is 0 Å². The van der Waals surface area contributed by atoms with E-state index in [9.17, 15) is 22.8 Å². The maximum Gasteiger partial charge on any atom is 0.446 e. The zero-order valence-corrected chi connectivity index (χ0v) is 24.2. The molecular formula is C31H35F3N2O4S. The van der Waals surface area contributed by atoms with E-state index in [0.29, 0.717) is 35.9 Å². The van der Waals surface area contributed by atoms with Crippen LogP contribution in [0.1, 0.15) is 53.3 Å². The minimum absolute atomic E-state index is 0.0553. The zero-order valence-electron chi connectivity index (χ0n) is 23.4. The molecule has 0 bridgehead atoms. The summed E-state index contributed by atoms with van der Waals surface area (Å²) in [5, 5.41) is 4.74. The summed E-state index contributed by atoms with van der Waals surface area (Å²) in [4.78, 5) is 28.0. The molecule has 0 radical (unpaired) electrons. The number of allylic oxidation sites excluding steroid dienone is 2. The van der Waals surface area contributed by atoms with Crippen molar-refractivity contribution in [2.24, 2.45) is 5.92 Å². The third-order valence-corrected chi connectivity index (χ3v) is 8.15. The molecule has 0 spiro atoms. The number of carbonyl (C=O) groups is 2. The molecule has 220 valence electrons. The molecule has 2 aromatic carbocycles. The summed E-state index contributed by atoms with van der Waals surface area (Å²) in [5.74, 6) is 0.461. The van der Waals surface area contributed by atoms with Gasteiger partial charge in [-0.05, 0) is 91.9 Å². The number of alkyl halides is 3. The van der Waals surface area contributed by atoms with E-state index >= 15 is 0 Å². The molecule has 2 aliphatic rings. The Morgan fingerprint density at radius 2 is 1.90 bits per heavy atom. The first-order chi connectivity index (χ1) is 19.6. The zero-order chi connectivity index (χ0) is 29.6. The van der Waals surface area contributed by atoms with E-state index in [1.807, 2.05) is 6.07 Å². The van der Waals surface area contributed by atoms with Gasteiger partial charge in [-0.25, -0.2) is 0 Å². The fourth-order valence-corrected chi connectivity index (χ4v) is 5.82. The maximum absolute atomic E-state index is 12.8. The van der Waals surface area contributed by atoms with Crippen molar-refractivity contribution in [1.82, 2.24) is 10.2 Å². The fraction of sp³-hybridized carbons (Fsp3) is 0.419. The number of methoxy groups -OCH3 is 2. The van der Waals surface area contributed by atoms with Crippen molar-refractivity contribution in [3.63, 3.8) is 0 Å². The van der Waals surface area contributed by atoms with Gasteiger partial charge >= 0.3 is 5.51 Å². The Kier molecular flexibility index (Phi) is 10.2. The van der Waals surface area contributed by atoms with Crippen LogP contribution in [-0.2, 0) is 4.74 Å². The first-order valence-electron chi connectivity index (χ1n) is 13.6. The molecule has 0 aromatic heterocycles. The highest BCUT2D eigenvalue weighted by Gasteiger charge is 2.29. The molecule has 1 saturated carbocycles. The van der Waals surface area contributed by atoms with E-state index in [-0.39, 0.29) is 34.4 Å². The standard InChI is InChI=1S/C31H35F3N2O4S/c1-20-4-7-23-10-13-26(30(38)35-14-15-39-2)29(40-3)27(23)19-36(20)18-22-6-5-21(16-22)17-28(37)24-8-11-25(12-9-24)41-31(32,33)34/h7-13,17,19-20,22H,4-6,14-16,18H2,1-3H3,(H,35,38). The van der Waals surface area contributed by atoms with Gasteiger partial charge in [0.25, 0.3) is 5.91 Å². The van der Waals surface area contributed by atoms with Crippen molar-refractivity contribution >= 4 is 35.7 Å². The Hall–Kier alpha value is -3.24. The van der Waals surface area contributed by atoms with Crippen molar-refractivity contribution in [2.45, 2.75) is 49.1 Å². The Morgan fingerprint density at radius 3 is 2.59 bits per heavy atom. The highest BCUT2D eigenvalue weighted by molar-refractivity contribution is 8.00. The maximum atomic E-state index is 12.8. The molecule has 4 rings (SSSR count). The number of rotatable bonds is 10. The lowest BCUT2D eigenvalue weighted by atomic mass is 10.0. The van der Waals surface area contributed by atoms with E-state index in [4.69, 9.17) is 9.47 Å². The molecule has 1 amide bonds. The van der Waals surface area contributed by atoms with E-state index in [2.05, 4.69) is 29.4 Å². The van der Waals surface area contributed by atoms with Gasteiger partial charge in [-0.15, -0.1) is 0 Å². The smallest absolute Gasteiger partial charge is 0.446 e. The van der Waals surface area contributed by atoms with Crippen molar-refractivity contribution in [3.05, 3.63) is 69.6 Å². The van der Waals surface area contributed by atoms with E-state index in [0.717, 1.165) is 48.2 Å². The highest BCUT2D eigenvalue weighted by Crippen LogP contribution is 2.37. The van der Waals surface area contributed by atoms with Crippen molar-refractivity contribution in [1.29, 1.82) is 0 Å². The summed E-state index contributed by atoms with van der Waals surface area (Å²) in [6.07, 6.45) is 9.25. The molecule has 2 unspecified atom stereocenters. The van der Waals surface area contributed by atoms with Crippen LogP contribution in [0.5, 0.6) is 5.75 Å². The van der Waals surface area contributed by atoms with Gasteiger partial charge in [-0.2, -0.15) is 13.2 Å². The predicted octanol–water partition coefficient (Wildman–Crippen LogP) is 4.91. The van der Waals surface area contributed by atoms with Crippen LogP contribution < -0.4 is 20.5 Å². The van der Waals surface area contributed by atoms with Crippen LogP contribution >= 0.6 is 11.8 Å². The molecule has 1 N–H and O–H groups in total. The summed E-state index contributed by atoms with van der Waals surface area (Å²) in [6, 6.07) is 9.52. The number of ether oxygens (including phenoxy) is 2. The van der Waals surface area contributed by atoms with E-state index < -0.39 is 5.51 Å². The number of nitrogens with one attached hydrogen (secondary N) is 1. The first kappa shape index (κ1) is 30.7. The van der Waals surface area contributed by atoms with Crippen molar-refractivity contribution in [2.75, 3.05) is 33.9 Å². The number of halogens is 3. The number of nitrogens with zero attached hydrogens (tertiary/aromatic N) is 1. The summed E-state index contributed by atoms with van der Waals surface area (Å²) in [5.41, 5.74) is -2.46. The highest BCUT2D eigenvalue weighted by atomic mass is 32.2. The van der Waals surface area contributed by atoms with Gasteiger partial charge in [0.05, 0.1) is 19.3 Å². The number of benzene rings is 2. The van der Waals surface area contributed by atoms with Gasteiger partial charge in [0.1, 0.15) is 5.75 Å². The van der Waals surface area contributed by atoms with Crippen LogP contribution in [0.4, 0.5) is 13.2 Å². The lowest BCUT2D eigenvalue weighted by Gasteiger charge is -2.29. The number of ketones is 1. The molecule has 6 nitrogen and oxygen atoms in total. The van der Waals surface area contributed by atoms with Crippen molar-refractivity contribution < 1.29 is 32.2 Å². The normalized spacial score (nSPS) is 19.7. The number of amides is 1. The van der Waals surface area contributed by atoms with Crippen LogP contribution in [0.25, 0.3) is 12.3 Å². The summed E-state index contributed by atoms with van der Waals surface area (Å²) >= 11 is -0.192. The van der Waals surface area contributed by atoms with Gasteiger partial charge in [-0.3, -0.25) is 9.59 Å².